The fourth-order valence-electron chi connectivity index (χ4n) is 3.12. The monoisotopic (exact) mass is 377 g/mol. The van der Waals surface area contributed by atoms with Crippen LogP contribution in [-0.2, 0) is 11.4 Å². The summed E-state index contributed by atoms with van der Waals surface area (Å²) < 4.78 is 13.8. The maximum absolute atomic E-state index is 13.8. The maximum Gasteiger partial charge on any atom is 0.222 e. The molecule has 0 unspecified atom stereocenters. The SMILES string of the molecule is CC(=O)Nc1cc(-c2[nH]c3c(CO)ccnc3c2-c2cccc(F)n2)ccn1. The van der Waals surface area contributed by atoms with Crippen LogP contribution in [0, 0.1) is 5.95 Å². The van der Waals surface area contributed by atoms with Crippen molar-refractivity contribution in [1.82, 2.24) is 19.9 Å². The van der Waals surface area contributed by atoms with Gasteiger partial charge in [-0.25, -0.2) is 9.97 Å². The van der Waals surface area contributed by atoms with Crippen molar-refractivity contribution in [2.45, 2.75) is 13.5 Å². The van der Waals surface area contributed by atoms with Gasteiger partial charge in [0.15, 0.2) is 0 Å². The Morgan fingerprint density at radius 2 is 2.04 bits per heavy atom. The van der Waals surface area contributed by atoms with Crippen LogP contribution < -0.4 is 5.32 Å². The molecule has 4 heterocycles. The second kappa shape index (κ2) is 7.16. The number of pyridine rings is 3. The number of nitrogens with zero attached hydrogens (tertiary/aromatic N) is 3. The first-order valence-corrected chi connectivity index (χ1v) is 8.54. The molecule has 0 atom stereocenters. The topological polar surface area (TPSA) is 104 Å². The zero-order chi connectivity index (χ0) is 19.7. The summed E-state index contributed by atoms with van der Waals surface area (Å²) in [5.41, 5.74) is 4.21. The van der Waals surface area contributed by atoms with Gasteiger partial charge in [-0.1, -0.05) is 6.07 Å². The molecule has 0 radical (unpaired) electrons. The highest BCUT2D eigenvalue weighted by atomic mass is 19.1. The molecule has 140 valence electrons. The Morgan fingerprint density at radius 1 is 1.21 bits per heavy atom. The Hall–Kier alpha value is -3.65. The Labute approximate surface area is 159 Å². The molecule has 0 aliphatic rings. The standard InChI is InChI=1S/C20H16FN5O2/c1-11(28)24-16-9-12(5-7-22-16)18-17(14-3-2-4-15(21)25-14)20-19(26-18)13(10-27)6-8-23-20/h2-9,26-27H,10H2,1H3,(H,22,24,28). The molecule has 3 N–H and O–H groups in total. The van der Waals surface area contributed by atoms with E-state index in [2.05, 4.69) is 25.3 Å². The van der Waals surface area contributed by atoms with Crippen molar-refractivity contribution < 1.29 is 14.3 Å². The number of halogens is 1. The fourth-order valence-corrected chi connectivity index (χ4v) is 3.12. The lowest BCUT2D eigenvalue weighted by Crippen LogP contribution is -2.07. The van der Waals surface area contributed by atoms with Crippen LogP contribution in [0.25, 0.3) is 33.5 Å². The van der Waals surface area contributed by atoms with E-state index in [-0.39, 0.29) is 12.5 Å². The number of anilines is 1. The van der Waals surface area contributed by atoms with E-state index < -0.39 is 5.95 Å². The highest BCUT2D eigenvalue weighted by Crippen LogP contribution is 2.37. The Kier molecular flexibility index (Phi) is 4.54. The second-order valence-corrected chi connectivity index (χ2v) is 6.18. The number of rotatable bonds is 4. The zero-order valence-electron chi connectivity index (χ0n) is 14.9. The Bertz CT molecular complexity index is 1190. The lowest BCUT2D eigenvalue weighted by atomic mass is 10.0. The third kappa shape index (κ3) is 3.21. The number of aliphatic hydroxyl groups excluding tert-OH is 1. The van der Waals surface area contributed by atoms with Crippen LogP contribution in [0.5, 0.6) is 0 Å². The summed E-state index contributed by atoms with van der Waals surface area (Å²) in [7, 11) is 0. The first-order chi connectivity index (χ1) is 13.6. The summed E-state index contributed by atoms with van der Waals surface area (Å²) in [6.07, 6.45) is 3.15. The number of carbonyl (C=O) groups excluding carboxylic acids is 1. The van der Waals surface area contributed by atoms with Gasteiger partial charge in [-0.05, 0) is 30.3 Å². The number of hydrogen-bond acceptors (Lipinski definition) is 5. The van der Waals surface area contributed by atoms with Crippen LogP contribution in [-0.4, -0.2) is 30.9 Å². The maximum atomic E-state index is 13.8. The molecule has 0 saturated carbocycles. The van der Waals surface area contributed by atoms with Crippen molar-refractivity contribution in [1.29, 1.82) is 0 Å². The van der Waals surface area contributed by atoms with Crippen LogP contribution in [0.2, 0.25) is 0 Å². The normalized spacial score (nSPS) is 11.0. The smallest absolute Gasteiger partial charge is 0.222 e. The van der Waals surface area contributed by atoms with Crippen molar-refractivity contribution >= 4 is 22.8 Å². The number of aromatic nitrogens is 4. The third-order valence-electron chi connectivity index (χ3n) is 4.27. The largest absolute Gasteiger partial charge is 0.392 e. The summed E-state index contributed by atoms with van der Waals surface area (Å²) in [6, 6.07) is 9.71. The van der Waals surface area contributed by atoms with Crippen molar-refractivity contribution in [3.8, 4) is 22.5 Å². The number of nitrogens with one attached hydrogen (secondary N) is 2. The number of carbonyl (C=O) groups is 1. The van der Waals surface area contributed by atoms with Crippen molar-refractivity contribution in [2.24, 2.45) is 0 Å². The summed E-state index contributed by atoms with van der Waals surface area (Å²) in [5, 5.41) is 12.3. The van der Waals surface area contributed by atoms with Crippen LogP contribution in [0.4, 0.5) is 10.2 Å². The molecule has 0 fully saturated rings. The number of aliphatic hydroxyl groups is 1. The van der Waals surface area contributed by atoms with Gasteiger partial charge in [0.1, 0.15) is 5.82 Å². The van der Waals surface area contributed by atoms with Gasteiger partial charge in [0.25, 0.3) is 0 Å². The minimum atomic E-state index is -0.607. The van der Waals surface area contributed by atoms with Gasteiger partial charge in [-0.3, -0.25) is 9.78 Å². The van der Waals surface area contributed by atoms with Crippen LogP contribution in [0.15, 0.2) is 48.8 Å². The molecule has 28 heavy (non-hydrogen) atoms. The van der Waals surface area contributed by atoms with E-state index in [0.717, 1.165) is 0 Å². The van der Waals surface area contributed by atoms with Crippen LogP contribution >= 0.6 is 0 Å². The van der Waals surface area contributed by atoms with Gasteiger partial charge < -0.3 is 15.4 Å². The molecule has 0 saturated heterocycles. The summed E-state index contributed by atoms with van der Waals surface area (Å²) >= 11 is 0. The number of aromatic amines is 1. The molecule has 8 heteroatoms. The van der Waals surface area contributed by atoms with E-state index in [9.17, 15) is 14.3 Å². The first kappa shape index (κ1) is 17.7. The molecule has 0 aromatic carbocycles. The zero-order valence-corrected chi connectivity index (χ0v) is 14.9. The average Bonchev–Trinajstić information content (AvgIpc) is 3.07. The van der Waals surface area contributed by atoms with E-state index in [1.165, 1.54) is 13.0 Å². The molecule has 0 spiro atoms. The molecule has 4 aromatic rings. The molecule has 0 bridgehead atoms. The van der Waals surface area contributed by atoms with Gasteiger partial charge in [0, 0.05) is 30.4 Å². The number of H-pyrrole nitrogens is 1. The minimum Gasteiger partial charge on any atom is -0.392 e. The Morgan fingerprint density at radius 3 is 2.79 bits per heavy atom. The van der Waals surface area contributed by atoms with E-state index in [0.29, 0.717) is 44.9 Å². The molecule has 7 nitrogen and oxygen atoms in total. The number of amides is 1. The summed E-state index contributed by atoms with van der Waals surface area (Å²) in [4.78, 5) is 27.2. The second-order valence-electron chi connectivity index (χ2n) is 6.18. The molecule has 4 aromatic heterocycles. The van der Waals surface area contributed by atoms with Gasteiger partial charge in [-0.15, -0.1) is 0 Å². The van der Waals surface area contributed by atoms with Gasteiger partial charge >= 0.3 is 0 Å². The number of hydrogen-bond donors (Lipinski definition) is 3. The summed E-state index contributed by atoms with van der Waals surface area (Å²) in [5.74, 6) is -0.459. The predicted octanol–water partition coefficient (Wildman–Crippen LogP) is 3.28. The molecule has 0 aliphatic carbocycles. The van der Waals surface area contributed by atoms with Gasteiger partial charge in [0.2, 0.25) is 11.9 Å². The van der Waals surface area contributed by atoms with Crippen molar-refractivity contribution in [2.75, 3.05) is 5.32 Å². The summed E-state index contributed by atoms with van der Waals surface area (Å²) in [6.45, 7) is 1.22. The molecule has 0 aliphatic heterocycles. The molecule has 4 rings (SSSR count). The minimum absolute atomic E-state index is 0.178. The van der Waals surface area contributed by atoms with E-state index in [1.54, 1.807) is 42.7 Å². The van der Waals surface area contributed by atoms with Gasteiger partial charge in [-0.2, -0.15) is 4.39 Å². The predicted molar refractivity (Wildman–Crippen MR) is 103 cm³/mol. The lowest BCUT2D eigenvalue weighted by Gasteiger charge is -2.07. The van der Waals surface area contributed by atoms with Crippen molar-refractivity contribution in [3.05, 3.63) is 60.3 Å². The molecule has 1 amide bonds. The fraction of sp³-hybridized carbons (Fsp3) is 0.100. The molecular formula is C20H16FN5O2. The molecular weight excluding hydrogens is 361 g/mol. The van der Waals surface area contributed by atoms with E-state index >= 15 is 0 Å². The van der Waals surface area contributed by atoms with Crippen LogP contribution in [0.3, 0.4) is 0 Å². The quantitative estimate of drug-likeness (QED) is 0.474. The average molecular weight is 377 g/mol. The van der Waals surface area contributed by atoms with Crippen LogP contribution in [0.1, 0.15) is 12.5 Å². The lowest BCUT2D eigenvalue weighted by molar-refractivity contribution is -0.114. The van der Waals surface area contributed by atoms with Crippen molar-refractivity contribution in [3.63, 3.8) is 0 Å². The highest BCUT2D eigenvalue weighted by molar-refractivity contribution is 6.02. The third-order valence-corrected chi connectivity index (χ3v) is 4.27. The first-order valence-electron chi connectivity index (χ1n) is 8.54. The van der Waals surface area contributed by atoms with E-state index in [4.69, 9.17) is 0 Å². The highest BCUT2D eigenvalue weighted by Gasteiger charge is 2.20. The van der Waals surface area contributed by atoms with E-state index in [1.807, 2.05) is 0 Å². The van der Waals surface area contributed by atoms with Gasteiger partial charge in [0.05, 0.1) is 34.6 Å². The number of fused-ring (bicyclic) bond motifs is 1. The Balaban J connectivity index is 2.00.